The number of nitro benzene ring substituents is 1. The number of hydrogen-bond acceptors (Lipinski definition) is 7. The van der Waals surface area contributed by atoms with E-state index in [2.05, 4.69) is 21.2 Å². The highest BCUT2D eigenvalue weighted by molar-refractivity contribution is 9.10. The largest absolute Gasteiger partial charge is 0.457 e. The van der Waals surface area contributed by atoms with Crippen LogP contribution >= 0.6 is 27.7 Å². The fourth-order valence-electron chi connectivity index (χ4n) is 3.02. The first-order valence-corrected chi connectivity index (χ1v) is 11.1. The zero-order valence-corrected chi connectivity index (χ0v) is 19.1. The average molecular weight is 528 g/mol. The summed E-state index contributed by atoms with van der Waals surface area (Å²) in [5.74, 6) is -0.352. The number of furan rings is 1. The van der Waals surface area contributed by atoms with Crippen molar-refractivity contribution in [3.05, 3.63) is 85.9 Å². The minimum absolute atomic E-state index is 0.0672. The molecular formula is C22H14BrN3O6S. The topological polar surface area (TPSA) is 123 Å². The van der Waals surface area contributed by atoms with Gasteiger partial charge in [-0.2, -0.15) is 0 Å². The van der Waals surface area contributed by atoms with Crippen LogP contribution in [0.3, 0.4) is 0 Å². The number of nitrogens with one attached hydrogen (secondary N) is 1. The van der Waals surface area contributed by atoms with Gasteiger partial charge in [0.15, 0.2) is 0 Å². The van der Waals surface area contributed by atoms with Crippen LogP contribution in [0.2, 0.25) is 0 Å². The minimum atomic E-state index is -0.595. The highest BCUT2D eigenvalue weighted by atomic mass is 79.9. The van der Waals surface area contributed by atoms with E-state index in [1.165, 1.54) is 18.2 Å². The van der Waals surface area contributed by atoms with E-state index in [0.717, 1.165) is 4.90 Å². The van der Waals surface area contributed by atoms with Crippen molar-refractivity contribution in [3.63, 3.8) is 0 Å². The lowest BCUT2D eigenvalue weighted by molar-refractivity contribution is -0.384. The molecule has 1 aromatic heterocycles. The molecule has 0 unspecified atom stereocenters. The van der Waals surface area contributed by atoms with Crippen molar-refractivity contribution in [2.45, 2.75) is 0 Å². The van der Waals surface area contributed by atoms with Gasteiger partial charge < -0.3 is 9.73 Å². The Morgan fingerprint density at radius 1 is 1.15 bits per heavy atom. The molecule has 1 aliphatic heterocycles. The quantitative estimate of drug-likeness (QED) is 0.262. The summed E-state index contributed by atoms with van der Waals surface area (Å²) in [5.41, 5.74) is 1.08. The molecule has 3 amide bonds. The second-order valence-corrected chi connectivity index (χ2v) is 8.65. The monoisotopic (exact) mass is 527 g/mol. The summed E-state index contributed by atoms with van der Waals surface area (Å²) in [7, 11) is 0. The van der Waals surface area contributed by atoms with E-state index in [0.29, 0.717) is 39.0 Å². The predicted molar refractivity (Wildman–Crippen MR) is 126 cm³/mol. The lowest BCUT2D eigenvalue weighted by Gasteiger charge is -2.12. The minimum Gasteiger partial charge on any atom is -0.457 e. The maximum Gasteiger partial charge on any atom is 0.294 e. The molecule has 1 fully saturated rings. The number of carbonyl (C=O) groups excluding carboxylic acids is 3. The predicted octanol–water partition coefficient (Wildman–Crippen LogP) is 5.29. The fraction of sp³-hybridized carbons (Fsp3) is 0.0455. The lowest BCUT2D eigenvalue weighted by Crippen LogP contribution is -2.36. The molecule has 2 aromatic carbocycles. The van der Waals surface area contributed by atoms with Crippen LogP contribution in [0.4, 0.5) is 16.2 Å². The third-order valence-electron chi connectivity index (χ3n) is 4.56. The number of benzene rings is 2. The zero-order chi connectivity index (χ0) is 23.5. The van der Waals surface area contributed by atoms with Crippen LogP contribution in [-0.4, -0.2) is 33.4 Å². The van der Waals surface area contributed by atoms with E-state index in [4.69, 9.17) is 4.42 Å². The van der Waals surface area contributed by atoms with E-state index in [1.54, 1.807) is 48.5 Å². The van der Waals surface area contributed by atoms with Gasteiger partial charge in [0.05, 0.1) is 9.83 Å². The van der Waals surface area contributed by atoms with Gasteiger partial charge in [0, 0.05) is 33.9 Å². The summed E-state index contributed by atoms with van der Waals surface area (Å²) < 4.78 is 6.22. The maximum absolute atomic E-state index is 12.7. The van der Waals surface area contributed by atoms with Crippen LogP contribution in [0.15, 0.2) is 74.5 Å². The number of halogens is 1. The van der Waals surface area contributed by atoms with Crippen LogP contribution in [0.5, 0.6) is 0 Å². The Morgan fingerprint density at radius 3 is 2.61 bits per heavy atom. The van der Waals surface area contributed by atoms with Crippen LogP contribution in [0, 0.1) is 10.1 Å². The van der Waals surface area contributed by atoms with Gasteiger partial charge in [-0.1, -0.05) is 18.2 Å². The van der Waals surface area contributed by atoms with Gasteiger partial charge in [0.2, 0.25) is 5.91 Å². The number of carbonyl (C=O) groups is 3. The maximum atomic E-state index is 12.7. The van der Waals surface area contributed by atoms with Gasteiger partial charge in [0.1, 0.15) is 18.1 Å². The van der Waals surface area contributed by atoms with Crippen molar-refractivity contribution in [2.75, 3.05) is 11.9 Å². The van der Waals surface area contributed by atoms with Gasteiger partial charge in [0.25, 0.3) is 16.8 Å². The van der Waals surface area contributed by atoms with E-state index in [1.807, 2.05) is 0 Å². The van der Waals surface area contributed by atoms with Crippen LogP contribution in [0.1, 0.15) is 5.76 Å². The van der Waals surface area contributed by atoms with Crippen LogP contribution < -0.4 is 5.32 Å². The molecule has 9 nitrogen and oxygen atoms in total. The molecule has 0 radical (unpaired) electrons. The summed E-state index contributed by atoms with van der Waals surface area (Å²) >= 11 is 4.01. The van der Waals surface area contributed by atoms with Crippen molar-refractivity contribution in [3.8, 4) is 11.3 Å². The van der Waals surface area contributed by atoms with Crippen molar-refractivity contribution in [1.29, 1.82) is 0 Å². The van der Waals surface area contributed by atoms with Crippen molar-refractivity contribution in [2.24, 2.45) is 0 Å². The number of nitrogens with zero attached hydrogens (tertiary/aromatic N) is 2. The van der Waals surface area contributed by atoms with E-state index in [-0.39, 0.29) is 10.6 Å². The number of thioether (sulfide) groups is 1. The molecule has 166 valence electrons. The molecule has 1 aliphatic rings. The zero-order valence-electron chi connectivity index (χ0n) is 16.7. The number of imide groups is 1. The first kappa shape index (κ1) is 22.5. The Bertz CT molecular complexity index is 1300. The Kier molecular flexibility index (Phi) is 6.43. The summed E-state index contributed by atoms with van der Waals surface area (Å²) in [6, 6.07) is 16.2. The molecule has 11 heteroatoms. The molecule has 0 bridgehead atoms. The molecule has 33 heavy (non-hydrogen) atoms. The molecule has 0 atom stereocenters. The SMILES string of the molecule is O=C(CN1C(=O)SC(=Cc2ccc(-c3ccc([N+](=O)[O-])cc3Br)o2)C1=O)Nc1ccccc1. The highest BCUT2D eigenvalue weighted by Crippen LogP contribution is 2.35. The number of rotatable bonds is 6. The Morgan fingerprint density at radius 2 is 1.91 bits per heavy atom. The van der Waals surface area contributed by atoms with E-state index < -0.39 is 28.5 Å². The first-order chi connectivity index (χ1) is 15.8. The summed E-state index contributed by atoms with van der Waals surface area (Å²) in [6.45, 7) is -0.407. The van der Waals surface area contributed by atoms with Crippen molar-refractivity contribution >= 4 is 62.2 Å². The number of amides is 3. The Labute approximate surface area is 199 Å². The number of para-hydroxylation sites is 1. The summed E-state index contributed by atoms with van der Waals surface area (Å²) in [6.07, 6.45) is 1.42. The van der Waals surface area contributed by atoms with Gasteiger partial charge in [-0.15, -0.1) is 0 Å². The molecule has 0 aliphatic carbocycles. The molecule has 3 aromatic rings. The molecule has 0 spiro atoms. The first-order valence-electron chi connectivity index (χ1n) is 9.46. The molecule has 0 saturated carbocycles. The summed E-state index contributed by atoms with van der Waals surface area (Å²) in [4.78, 5) is 48.6. The second kappa shape index (κ2) is 9.43. The van der Waals surface area contributed by atoms with Gasteiger partial charge in [-0.3, -0.25) is 29.4 Å². The molecule has 1 saturated heterocycles. The van der Waals surface area contributed by atoms with E-state index >= 15 is 0 Å². The van der Waals surface area contributed by atoms with Gasteiger partial charge >= 0.3 is 0 Å². The standard InChI is InChI=1S/C22H14BrN3O6S/c23-17-10-14(26(30)31)6-8-16(17)18-9-7-15(32-18)11-19-21(28)25(22(29)33-19)12-20(27)24-13-4-2-1-3-5-13/h1-11H,12H2,(H,24,27). The lowest BCUT2D eigenvalue weighted by atomic mass is 10.1. The number of non-ortho nitro benzene ring substituents is 1. The van der Waals surface area contributed by atoms with Crippen molar-refractivity contribution in [1.82, 2.24) is 4.90 Å². The fourth-order valence-corrected chi connectivity index (χ4v) is 4.40. The third kappa shape index (κ3) is 5.04. The Balaban J connectivity index is 1.47. The molecule has 4 rings (SSSR count). The Hall–Kier alpha value is -3.70. The third-order valence-corrected chi connectivity index (χ3v) is 6.13. The van der Waals surface area contributed by atoms with Crippen molar-refractivity contribution < 1.29 is 23.7 Å². The average Bonchev–Trinajstić information content (AvgIpc) is 3.34. The number of nitro groups is 1. The smallest absolute Gasteiger partial charge is 0.294 e. The van der Waals surface area contributed by atoms with E-state index in [9.17, 15) is 24.5 Å². The molecule has 1 N–H and O–H groups in total. The highest BCUT2D eigenvalue weighted by Gasteiger charge is 2.36. The summed E-state index contributed by atoms with van der Waals surface area (Å²) in [5, 5.41) is 13.0. The number of hydrogen-bond donors (Lipinski definition) is 1. The second-order valence-electron chi connectivity index (χ2n) is 6.81. The van der Waals surface area contributed by atoms with Gasteiger partial charge in [-0.25, -0.2) is 0 Å². The number of anilines is 1. The van der Waals surface area contributed by atoms with Crippen LogP contribution in [-0.2, 0) is 9.59 Å². The van der Waals surface area contributed by atoms with Crippen LogP contribution in [0.25, 0.3) is 17.4 Å². The normalized spacial score (nSPS) is 14.7. The molecule has 2 heterocycles. The molecular weight excluding hydrogens is 514 g/mol. The van der Waals surface area contributed by atoms with Gasteiger partial charge in [-0.05, 0) is 58.0 Å².